The molecule has 0 aliphatic rings. The monoisotopic (exact) mass is 329 g/mol. The Hall–Kier alpha value is -1.63. The minimum atomic E-state index is -1.06. The lowest BCUT2D eigenvalue weighted by Crippen LogP contribution is -2.49. The Morgan fingerprint density at radius 1 is 1.00 bits per heavy atom. The van der Waals surface area contributed by atoms with Crippen molar-refractivity contribution >= 4 is 18.5 Å². The summed E-state index contributed by atoms with van der Waals surface area (Å²) in [6.07, 6.45) is 1.40. The molecule has 2 N–H and O–H groups in total. The molecule has 0 heterocycles. The van der Waals surface area contributed by atoms with E-state index >= 15 is 0 Å². The Kier molecular flexibility index (Phi) is 8.23. The highest BCUT2D eigenvalue weighted by Crippen LogP contribution is 2.18. The molecule has 133 valence electrons. The van der Waals surface area contributed by atoms with E-state index in [-0.39, 0.29) is 6.42 Å². The summed E-state index contributed by atoms with van der Waals surface area (Å²) in [4.78, 5) is 36.6. The zero-order valence-electron chi connectivity index (χ0n) is 15.0. The minimum absolute atomic E-state index is 0.263. The van der Waals surface area contributed by atoms with Crippen LogP contribution in [0, 0.1) is 0 Å². The summed E-state index contributed by atoms with van der Waals surface area (Å²) >= 11 is 0. The van der Waals surface area contributed by atoms with Gasteiger partial charge < -0.3 is 15.2 Å². The van der Waals surface area contributed by atoms with Gasteiger partial charge in [0.25, 0.3) is 0 Å². The van der Waals surface area contributed by atoms with Crippen LogP contribution in [0.25, 0.3) is 0 Å². The molecule has 23 heavy (non-hydrogen) atoms. The Labute approximate surface area is 138 Å². The molecule has 1 radical (unpaired) electrons. The second-order valence-corrected chi connectivity index (χ2v) is 7.25. The molecule has 1 atom stereocenters. The van der Waals surface area contributed by atoms with Crippen LogP contribution in [-0.4, -0.2) is 47.2 Å². The van der Waals surface area contributed by atoms with Crippen LogP contribution in [0.2, 0.25) is 0 Å². The van der Waals surface area contributed by atoms with E-state index in [4.69, 9.17) is 15.2 Å². The van der Waals surface area contributed by atoms with E-state index in [1.54, 1.807) is 47.8 Å². The number of ether oxygens (including phenoxy) is 2. The Balaban J connectivity index is 5.29. The predicted octanol–water partition coefficient (Wildman–Crippen LogP) is 2.77. The number of nitrogens with two attached hydrogens (primary N) is 1. The molecule has 7 nitrogen and oxygen atoms in total. The van der Waals surface area contributed by atoms with E-state index < -0.39 is 29.4 Å². The summed E-state index contributed by atoms with van der Waals surface area (Å²) in [5, 5.41) is 0. The maximum Gasteiger partial charge on any atom is 0.420 e. The van der Waals surface area contributed by atoms with Crippen molar-refractivity contribution in [3.05, 3.63) is 0 Å². The van der Waals surface area contributed by atoms with Crippen molar-refractivity contribution in [1.29, 1.82) is 0 Å². The molecule has 0 bridgehead atoms. The minimum Gasteiger partial charge on any atom is -0.443 e. The third-order valence-electron chi connectivity index (χ3n) is 2.56. The number of rotatable bonds is 6. The van der Waals surface area contributed by atoms with Gasteiger partial charge in [0.1, 0.15) is 17.2 Å². The summed E-state index contributed by atoms with van der Waals surface area (Å²) in [6, 6.07) is -1.06. The average molecular weight is 329 g/mol. The van der Waals surface area contributed by atoms with Crippen LogP contribution >= 0.6 is 0 Å². The first-order valence-corrected chi connectivity index (χ1v) is 7.74. The first-order valence-electron chi connectivity index (χ1n) is 7.74. The molecule has 0 spiro atoms. The maximum absolute atomic E-state index is 12.3. The van der Waals surface area contributed by atoms with Gasteiger partial charge in [-0.05, 0) is 67.3 Å². The highest BCUT2D eigenvalue weighted by atomic mass is 16.6. The van der Waals surface area contributed by atoms with Crippen LogP contribution in [0.3, 0.4) is 0 Å². The molecular formula is C16H29N2O5. The molecule has 0 saturated carbocycles. The van der Waals surface area contributed by atoms with Crippen molar-refractivity contribution in [2.45, 2.75) is 78.0 Å². The van der Waals surface area contributed by atoms with Crippen LogP contribution in [-0.2, 0) is 14.3 Å². The van der Waals surface area contributed by atoms with Crippen LogP contribution in [0.1, 0.15) is 60.8 Å². The number of imide groups is 1. The first-order chi connectivity index (χ1) is 10.4. The highest BCUT2D eigenvalue weighted by molar-refractivity contribution is 5.91. The number of amides is 2. The fourth-order valence-electron chi connectivity index (χ4n) is 1.67. The van der Waals surface area contributed by atoms with Gasteiger partial charge in [0.2, 0.25) is 6.29 Å². The average Bonchev–Trinajstić information content (AvgIpc) is 2.33. The largest absolute Gasteiger partial charge is 0.443 e. The first kappa shape index (κ1) is 21.4. The fraction of sp³-hybridized carbons (Fsp3) is 0.812. The Bertz CT molecular complexity index is 382. The van der Waals surface area contributed by atoms with Gasteiger partial charge >= 0.3 is 12.2 Å². The van der Waals surface area contributed by atoms with E-state index in [1.165, 1.54) is 0 Å². The van der Waals surface area contributed by atoms with Crippen molar-refractivity contribution < 1.29 is 23.9 Å². The lowest BCUT2D eigenvalue weighted by atomic mass is 10.1. The summed E-state index contributed by atoms with van der Waals surface area (Å²) < 4.78 is 10.4. The van der Waals surface area contributed by atoms with Gasteiger partial charge in [-0.2, -0.15) is 0 Å². The summed E-state index contributed by atoms with van der Waals surface area (Å²) in [5.41, 5.74) is 3.82. The van der Waals surface area contributed by atoms with E-state index in [2.05, 4.69) is 0 Å². The number of carbonyl (C=O) groups is 2. The molecule has 0 aliphatic heterocycles. The molecule has 0 fully saturated rings. The Morgan fingerprint density at radius 2 is 1.43 bits per heavy atom. The van der Waals surface area contributed by atoms with Crippen molar-refractivity contribution in [3.8, 4) is 0 Å². The molecule has 0 aliphatic carbocycles. The van der Waals surface area contributed by atoms with Crippen LogP contribution in [0.5, 0.6) is 0 Å². The molecule has 0 aromatic rings. The van der Waals surface area contributed by atoms with E-state index in [0.29, 0.717) is 24.3 Å². The predicted molar refractivity (Wildman–Crippen MR) is 86.7 cm³/mol. The van der Waals surface area contributed by atoms with Crippen molar-refractivity contribution in [1.82, 2.24) is 4.90 Å². The third kappa shape index (κ3) is 9.18. The molecule has 0 aromatic carbocycles. The zero-order valence-corrected chi connectivity index (χ0v) is 15.0. The number of carbonyl (C=O) groups excluding carboxylic acids is 3. The van der Waals surface area contributed by atoms with Crippen LogP contribution in [0.15, 0.2) is 0 Å². The number of unbranched alkanes of at least 4 members (excludes halogenated alkanes) is 1. The molecule has 2 amide bonds. The smallest absolute Gasteiger partial charge is 0.420 e. The normalized spacial score (nSPS) is 13.2. The summed E-state index contributed by atoms with van der Waals surface area (Å²) in [5.74, 6) is 0. The second-order valence-electron chi connectivity index (χ2n) is 7.25. The second kappa shape index (κ2) is 8.86. The van der Waals surface area contributed by atoms with Crippen LogP contribution < -0.4 is 5.73 Å². The molecule has 0 rings (SSSR count). The molecule has 0 saturated heterocycles. The van der Waals surface area contributed by atoms with Gasteiger partial charge in [-0.25, -0.2) is 14.5 Å². The lowest BCUT2D eigenvalue weighted by Gasteiger charge is -2.31. The number of hydrogen-bond acceptors (Lipinski definition) is 6. The van der Waals surface area contributed by atoms with Gasteiger partial charge in [-0.15, -0.1) is 0 Å². The highest BCUT2D eigenvalue weighted by Gasteiger charge is 2.36. The zero-order chi connectivity index (χ0) is 18.3. The van der Waals surface area contributed by atoms with E-state index in [1.807, 2.05) is 0 Å². The summed E-state index contributed by atoms with van der Waals surface area (Å²) in [7, 11) is 0. The molecule has 0 unspecified atom stereocenters. The van der Waals surface area contributed by atoms with Crippen LogP contribution in [0.4, 0.5) is 9.59 Å². The quantitative estimate of drug-likeness (QED) is 0.752. The van der Waals surface area contributed by atoms with Crippen molar-refractivity contribution in [3.63, 3.8) is 0 Å². The van der Waals surface area contributed by atoms with E-state index in [9.17, 15) is 14.4 Å². The topological polar surface area (TPSA) is 98.9 Å². The Morgan fingerprint density at radius 3 is 1.74 bits per heavy atom. The van der Waals surface area contributed by atoms with Gasteiger partial charge in [-0.3, -0.25) is 4.79 Å². The standard InChI is InChI=1S/C16H29N2O5/c1-15(2,3)22-13(20)18(14(21)23-16(4,5)6)12(11-19)9-7-8-10-17/h12H,7-10,17H2,1-6H3/t12-/m1/s1. The van der Waals surface area contributed by atoms with Gasteiger partial charge in [0, 0.05) is 0 Å². The number of hydrogen-bond donors (Lipinski definition) is 1. The van der Waals surface area contributed by atoms with Crippen molar-refractivity contribution in [2.75, 3.05) is 6.54 Å². The van der Waals surface area contributed by atoms with Crippen molar-refractivity contribution in [2.24, 2.45) is 5.73 Å². The SMILES string of the molecule is CC(C)(C)OC(=O)N(C(=O)OC(C)(C)C)[C@@H]([C]=O)CCCCN. The van der Waals surface area contributed by atoms with E-state index in [0.717, 1.165) is 0 Å². The fourth-order valence-corrected chi connectivity index (χ4v) is 1.67. The van der Waals surface area contributed by atoms with Gasteiger partial charge in [0.15, 0.2) is 0 Å². The lowest BCUT2D eigenvalue weighted by molar-refractivity contribution is -0.00309. The molecule has 7 heteroatoms. The molecule has 0 aromatic heterocycles. The molecular weight excluding hydrogens is 300 g/mol. The number of nitrogens with zero attached hydrogens (tertiary/aromatic N) is 1. The maximum atomic E-state index is 12.3. The third-order valence-corrected chi connectivity index (χ3v) is 2.56. The van der Waals surface area contributed by atoms with Gasteiger partial charge in [0.05, 0.1) is 0 Å². The van der Waals surface area contributed by atoms with Gasteiger partial charge in [-0.1, -0.05) is 0 Å². The summed E-state index contributed by atoms with van der Waals surface area (Å²) in [6.45, 7) is 10.5.